The van der Waals surface area contributed by atoms with Crippen molar-refractivity contribution in [2.45, 2.75) is 38.6 Å². The first-order valence-electron chi connectivity index (χ1n) is 5.99. The van der Waals surface area contributed by atoms with Gasteiger partial charge in [0.05, 0.1) is 6.04 Å². The Bertz CT molecular complexity index is 388. The highest BCUT2D eigenvalue weighted by Crippen LogP contribution is 2.39. The molecule has 1 aromatic carbocycles. The average molecular weight is 237 g/mol. The summed E-state index contributed by atoms with van der Waals surface area (Å²) in [4.78, 5) is 1.97. The van der Waals surface area contributed by atoms with Gasteiger partial charge in [-0.3, -0.25) is 4.90 Å². The maximum absolute atomic E-state index is 13.2. The Labute approximate surface area is 102 Å². The van der Waals surface area contributed by atoms with Crippen molar-refractivity contribution in [3.8, 4) is 0 Å². The molecule has 0 unspecified atom stereocenters. The van der Waals surface area contributed by atoms with Gasteiger partial charge < -0.3 is 4.74 Å². The average Bonchev–Trinajstić information content (AvgIpc) is 2.51. The molecule has 17 heavy (non-hydrogen) atoms. The Morgan fingerprint density at radius 3 is 2.41 bits per heavy atom. The number of hydrogen-bond acceptors (Lipinski definition) is 2. The smallest absolute Gasteiger partial charge is 0.117 e. The maximum Gasteiger partial charge on any atom is 0.117 e. The molecule has 1 heterocycles. The fraction of sp³-hybridized carbons (Fsp3) is 0.571. The van der Waals surface area contributed by atoms with Gasteiger partial charge in [0.1, 0.15) is 18.5 Å². The normalized spacial score (nSPS) is 28.5. The molecule has 2 atom stereocenters. The number of benzene rings is 1. The molecule has 0 saturated carbocycles. The van der Waals surface area contributed by atoms with Gasteiger partial charge in [-0.2, -0.15) is 0 Å². The monoisotopic (exact) mass is 237 g/mol. The number of likely N-dealkylation sites (N-methyl/N-ethyl adjacent to an activating group) is 1. The first kappa shape index (κ1) is 12.5. The van der Waals surface area contributed by atoms with Crippen LogP contribution in [0, 0.1) is 6.92 Å². The number of aryl methyl sites for hydroxylation is 1. The van der Waals surface area contributed by atoms with Crippen molar-refractivity contribution in [2.24, 2.45) is 0 Å². The second-order valence-electron chi connectivity index (χ2n) is 5.23. The molecular formula is C14H20FNO. The zero-order valence-corrected chi connectivity index (χ0v) is 10.9. The predicted octanol–water partition coefficient (Wildman–Crippen LogP) is 3.07. The summed E-state index contributed by atoms with van der Waals surface area (Å²) in [5.41, 5.74) is 1.85. The molecular weight excluding hydrogens is 217 g/mol. The van der Waals surface area contributed by atoms with Gasteiger partial charge in [-0.1, -0.05) is 29.8 Å². The van der Waals surface area contributed by atoms with Crippen LogP contribution in [0.25, 0.3) is 0 Å². The van der Waals surface area contributed by atoms with Crippen LogP contribution in [-0.2, 0) is 4.74 Å². The van der Waals surface area contributed by atoms with Crippen molar-refractivity contribution in [1.29, 1.82) is 0 Å². The fourth-order valence-corrected chi connectivity index (χ4v) is 2.31. The van der Waals surface area contributed by atoms with Crippen LogP contribution in [0.4, 0.5) is 4.39 Å². The van der Waals surface area contributed by atoms with E-state index >= 15 is 0 Å². The SMILES string of the molecule is Cc1ccc([C@H]2OC(C)(C)N(C)[C@@H]2CF)cc1. The number of halogens is 1. The Kier molecular flexibility index (Phi) is 3.23. The van der Waals surface area contributed by atoms with Crippen LogP contribution in [0.1, 0.15) is 31.1 Å². The Balaban J connectivity index is 2.29. The summed E-state index contributed by atoms with van der Waals surface area (Å²) in [5, 5.41) is 0. The maximum atomic E-state index is 13.2. The number of alkyl halides is 1. The minimum absolute atomic E-state index is 0.180. The van der Waals surface area contributed by atoms with Crippen molar-refractivity contribution in [1.82, 2.24) is 4.90 Å². The van der Waals surface area contributed by atoms with Gasteiger partial charge in [0.15, 0.2) is 0 Å². The van der Waals surface area contributed by atoms with Crippen molar-refractivity contribution < 1.29 is 9.13 Å². The molecule has 1 aliphatic rings. The molecule has 1 saturated heterocycles. The van der Waals surface area contributed by atoms with Crippen LogP contribution in [0.5, 0.6) is 0 Å². The van der Waals surface area contributed by atoms with Crippen LogP contribution in [0.3, 0.4) is 0 Å². The lowest BCUT2D eigenvalue weighted by atomic mass is 10.0. The summed E-state index contributed by atoms with van der Waals surface area (Å²) in [7, 11) is 1.92. The van der Waals surface area contributed by atoms with Gasteiger partial charge >= 0.3 is 0 Å². The van der Waals surface area contributed by atoms with E-state index in [0.717, 1.165) is 5.56 Å². The highest BCUT2D eigenvalue weighted by molar-refractivity contribution is 5.25. The highest BCUT2D eigenvalue weighted by atomic mass is 19.1. The van der Waals surface area contributed by atoms with Crippen molar-refractivity contribution in [3.05, 3.63) is 35.4 Å². The summed E-state index contributed by atoms with van der Waals surface area (Å²) < 4.78 is 19.2. The minimum Gasteiger partial charge on any atom is -0.351 e. The second kappa shape index (κ2) is 4.39. The van der Waals surface area contributed by atoms with E-state index in [9.17, 15) is 4.39 Å². The topological polar surface area (TPSA) is 12.5 Å². The largest absolute Gasteiger partial charge is 0.351 e. The molecule has 0 amide bonds. The Morgan fingerprint density at radius 2 is 1.88 bits per heavy atom. The Hall–Kier alpha value is -0.930. The van der Waals surface area contributed by atoms with Gasteiger partial charge in [-0.15, -0.1) is 0 Å². The van der Waals surface area contributed by atoms with E-state index in [4.69, 9.17) is 4.74 Å². The third-order valence-corrected chi connectivity index (χ3v) is 3.68. The van der Waals surface area contributed by atoms with E-state index in [-0.39, 0.29) is 12.1 Å². The minimum atomic E-state index is -0.410. The molecule has 0 radical (unpaired) electrons. The molecule has 0 aliphatic carbocycles. The summed E-state index contributed by atoms with van der Waals surface area (Å²) in [6.45, 7) is 5.61. The second-order valence-corrected chi connectivity index (χ2v) is 5.23. The lowest BCUT2D eigenvalue weighted by Gasteiger charge is -2.28. The van der Waals surface area contributed by atoms with Gasteiger partial charge in [0.2, 0.25) is 0 Å². The van der Waals surface area contributed by atoms with E-state index < -0.39 is 12.4 Å². The van der Waals surface area contributed by atoms with E-state index in [1.807, 2.05) is 57.0 Å². The van der Waals surface area contributed by atoms with Gasteiger partial charge in [-0.25, -0.2) is 4.39 Å². The molecule has 0 N–H and O–H groups in total. The van der Waals surface area contributed by atoms with Crippen molar-refractivity contribution in [3.63, 3.8) is 0 Å². The number of rotatable bonds is 2. The van der Waals surface area contributed by atoms with Crippen molar-refractivity contribution >= 4 is 0 Å². The number of ether oxygens (including phenoxy) is 1. The fourth-order valence-electron chi connectivity index (χ4n) is 2.31. The van der Waals surface area contributed by atoms with E-state index in [2.05, 4.69) is 0 Å². The Morgan fingerprint density at radius 1 is 1.29 bits per heavy atom. The zero-order valence-electron chi connectivity index (χ0n) is 10.9. The number of nitrogens with zero attached hydrogens (tertiary/aromatic N) is 1. The molecule has 0 aromatic heterocycles. The van der Waals surface area contributed by atoms with Crippen LogP contribution < -0.4 is 0 Å². The van der Waals surface area contributed by atoms with E-state index in [1.54, 1.807) is 0 Å². The molecule has 94 valence electrons. The van der Waals surface area contributed by atoms with Gasteiger partial charge in [-0.05, 0) is 33.4 Å². The van der Waals surface area contributed by atoms with E-state index in [0.29, 0.717) is 0 Å². The third kappa shape index (κ3) is 2.22. The van der Waals surface area contributed by atoms with Gasteiger partial charge in [0.25, 0.3) is 0 Å². The highest BCUT2D eigenvalue weighted by Gasteiger charge is 2.45. The molecule has 2 rings (SSSR count). The summed E-state index contributed by atoms with van der Waals surface area (Å²) in [5.74, 6) is 0. The molecule has 1 fully saturated rings. The molecule has 0 bridgehead atoms. The summed E-state index contributed by atoms with van der Waals surface area (Å²) in [6, 6.07) is 7.93. The first-order chi connectivity index (χ1) is 7.95. The first-order valence-corrected chi connectivity index (χ1v) is 5.99. The molecule has 1 aliphatic heterocycles. The van der Waals surface area contributed by atoms with Crippen LogP contribution in [-0.4, -0.2) is 30.4 Å². The number of hydrogen-bond donors (Lipinski definition) is 0. The quantitative estimate of drug-likeness (QED) is 0.783. The molecule has 1 aromatic rings. The van der Waals surface area contributed by atoms with Gasteiger partial charge in [0, 0.05) is 0 Å². The molecule has 0 spiro atoms. The summed E-state index contributed by atoms with van der Waals surface area (Å²) in [6.07, 6.45) is -0.180. The zero-order chi connectivity index (χ0) is 12.6. The van der Waals surface area contributed by atoms with Crippen LogP contribution in [0.15, 0.2) is 24.3 Å². The lowest BCUT2D eigenvalue weighted by Crippen LogP contribution is -2.41. The van der Waals surface area contributed by atoms with Crippen LogP contribution in [0.2, 0.25) is 0 Å². The third-order valence-electron chi connectivity index (χ3n) is 3.68. The summed E-state index contributed by atoms with van der Waals surface area (Å²) >= 11 is 0. The predicted molar refractivity (Wildman–Crippen MR) is 66.6 cm³/mol. The standard InChI is InChI=1S/C14H20FNO/c1-10-5-7-11(8-6-10)13-12(9-15)16(4)14(2,3)17-13/h5-8,12-13H,9H2,1-4H3/t12-,13-/m1/s1. The lowest BCUT2D eigenvalue weighted by molar-refractivity contribution is -0.0684. The van der Waals surface area contributed by atoms with Crippen molar-refractivity contribution in [2.75, 3.05) is 13.7 Å². The molecule has 3 heteroatoms. The van der Waals surface area contributed by atoms with E-state index in [1.165, 1.54) is 5.56 Å². The van der Waals surface area contributed by atoms with Crippen LogP contribution >= 0.6 is 0 Å². The molecule has 2 nitrogen and oxygen atoms in total.